The summed E-state index contributed by atoms with van der Waals surface area (Å²) in [7, 11) is 0. The molecule has 0 aliphatic rings. The fraction of sp³-hybridized carbons (Fsp3) is 0.235. The molecule has 0 aromatic heterocycles. The van der Waals surface area contributed by atoms with Gasteiger partial charge in [-0.15, -0.1) is 0 Å². The van der Waals surface area contributed by atoms with Crippen LogP contribution in [0.15, 0.2) is 40.9 Å². The summed E-state index contributed by atoms with van der Waals surface area (Å²) in [5.41, 5.74) is 5.35. The number of carbonyl (C=O) groups excluding carboxylic acids is 1. The van der Waals surface area contributed by atoms with Gasteiger partial charge >= 0.3 is 0 Å². The maximum Gasteiger partial charge on any atom is 0.167 e. The smallest absolute Gasteiger partial charge is 0.167 e. The van der Waals surface area contributed by atoms with Gasteiger partial charge in [-0.3, -0.25) is 4.79 Å². The van der Waals surface area contributed by atoms with Gasteiger partial charge in [-0.25, -0.2) is 0 Å². The first-order valence-corrected chi connectivity index (χ1v) is 7.11. The van der Waals surface area contributed by atoms with Gasteiger partial charge in [-0.1, -0.05) is 45.3 Å². The van der Waals surface area contributed by atoms with Crippen molar-refractivity contribution in [3.05, 3.63) is 68.7 Å². The Labute approximate surface area is 122 Å². The third-order valence-electron chi connectivity index (χ3n) is 3.01. The average Bonchev–Trinajstić information content (AvgIpc) is 2.25. The number of hydrogen-bond acceptors (Lipinski definition) is 1. The second kappa shape index (κ2) is 5.70. The summed E-state index contributed by atoms with van der Waals surface area (Å²) in [5, 5.41) is 0. The number of carbonyl (C=O) groups is 1. The Balaban J connectivity index is 2.25. The lowest BCUT2D eigenvalue weighted by atomic mass is 9.99. The van der Waals surface area contributed by atoms with Crippen molar-refractivity contribution in [3.63, 3.8) is 0 Å². The largest absolute Gasteiger partial charge is 0.294 e. The van der Waals surface area contributed by atoms with E-state index in [1.54, 1.807) is 0 Å². The van der Waals surface area contributed by atoms with E-state index >= 15 is 0 Å². The van der Waals surface area contributed by atoms with Gasteiger partial charge in [-0.05, 0) is 50.1 Å². The SMILES string of the molecule is Cc1cc(C)cc(CC(=O)c2cc(C)cc(Br)c2)c1. The summed E-state index contributed by atoms with van der Waals surface area (Å²) >= 11 is 3.44. The van der Waals surface area contributed by atoms with Gasteiger partial charge in [0.2, 0.25) is 0 Å². The summed E-state index contributed by atoms with van der Waals surface area (Å²) < 4.78 is 0.955. The molecule has 0 saturated carbocycles. The van der Waals surface area contributed by atoms with E-state index in [-0.39, 0.29) is 5.78 Å². The minimum Gasteiger partial charge on any atom is -0.294 e. The van der Waals surface area contributed by atoms with Crippen molar-refractivity contribution in [1.82, 2.24) is 0 Å². The highest BCUT2D eigenvalue weighted by Crippen LogP contribution is 2.18. The van der Waals surface area contributed by atoms with Crippen molar-refractivity contribution in [2.24, 2.45) is 0 Å². The number of hydrogen-bond donors (Lipinski definition) is 0. The molecular formula is C17H17BrO. The second-order valence-electron chi connectivity index (χ2n) is 5.11. The molecule has 0 heterocycles. The fourth-order valence-corrected chi connectivity index (χ4v) is 2.96. The highest BCUT2D eigenvalue weighted by Gasteiger charge is 2.09. The lowest BCUT2D eigenvalue weighted by Crippen LogP contribution is -2.04. The summed E-state index contributed by atoms with van der Waals surface area (Å²) in [6.07, 6.45) is 0.457. The molecule has 2 aromatic carbocycles. The van der Waals surface area contributed by atoms with E-state index < -0.39 is 0 Å². The lowest BCUT2D eigenvalue weighted by molar-refractivity contribution is 0.0993. The number of ketones is 1. The summed E-state index contributed by atoms with van der Waals surface area (Å²) in [6, 6.07) is 12.1. The van der Waals surface area contributed by atoms with Gasteiger partial charge < -0.3 is 0 Å². The fourth-order valence-electron chi connectivity index (χ4n) is 2.36. The summed E-state index contributed by atoms with van der Waals surface area (Å²) in [6.45, 7) is 6.12. The van der Waals surface area contributed by atoms with Crippen LogP contribution in [-0.2, 0) is 6.42 Å². The van der Waals surface area contributed by atoms with E-state index in [0.29, 0.717) is 6.42 Å². The molecule has 0 N–H and O–H groups in total. The number of Topliss-reactive ketones (excluding diaryl/α,β-unsaturated/α-hetero) is 1. The molecule has 0 unspecified atom stereocenters. The van der Waals surface area contributed by atoms with Crippen LogP contribution in [0.1, 0.15) is 32.6 Å². The quantitative estimate of drug-likeness (QED) is 0.743. The van der Waals surface area contributed by atoms with Crippen molar-refractivity contribution in [1.29, 1.82) is 0 Å². The Morgan fingerprint density at radius 1 is 0.895 bits per heavy atom. The van der Waals surface area contributed by atoms with Crippen LogP contribution < -0.4 is 0 Å². The third-order valence-corrected chi connectivity index (χ3v) is 3.47. The van der Waals surface area contributed by atoms with E-state index in [4.69, 9.17) is 0 Å². The third kappa shape index (κ3) is 3.77. The Morgan fingerprint density at radius 3 is 2.05 bits per heavy atom. The molecule has 0 saturated heterocycles. The molecule has 0 amide bonds. The Bertz CT molecular complexity index is 589. The number of benzene rings is 2. The molecule has 0 radical (unpaired) electrons. The maximum absolute atomic E-state index is 12.3. The highest BCUT2D eigenvalue weighted by molar-refractivity contribution is 9.10. The Kier molecular flexibility index (Phi) is 4.20. The zero-order chi connectivity index (χ0) is 14.0. The highest BCUT2D eigenvalue weighted by atomic mass is 79.9. The molecule has 0 atom stereocenters. The standard InChI is InChI=1S/C17H17BrO/c1-11-4-12(2)6-14(5-11)9-17(19)15-7-13(3)8-16(18)10-15/h4-8,10H,9H2,1-3H3. The molecule has 0 aliphatic heterocycles. The Hall–Kier alpha value is -1.41. The van der Waals surface area contributed by atoms with Crippen LogP contribution in [0.25, 0.3) is 0 Å². The first-order valence-electron chi connectivity index (χ1n) is 6.31. The van der Waals surface area contributed by atoms with Crippen LogP contribution >= 0.6 is 15.9 Å². The monoisotopic (exact) mass is 316 g/mol. The lowest BCUT2D eigenvalue weighted by Gasteiger charge is -2.06. The van der Waals surface area contributed by atoms with E-state index in [1.165, 1.54) is 11.1 Å². The second-order valence-corrected chi connectivity index (χ2v) is 6.03. The van der Waals surface area contributed by atoms with Crippen molar-refractivity contribution in [3.8, 4) is 0 Å². The first kappa shape index (κ1) is 14.0. The molecule has 0 aliphatic carbocycles. The molecule has 2 rings (SSSR count). The molecular weight excluding hydrogens is 300 g/mol. The normalized spacial score (nSPS) is 10.5. The van der Waals surface area contributed by atoms with E-state index in [0.717, 1.165) is 21.2 Å². The molecule has 0 fully saturated rings. The van der Waals surface area contributed by atoms with Crippen LogP contribution in [0, 0.1) is 20.8 Å². The van der Waals surface area contributed by atoms with E-state index in [1.807, 2.05) is 25.1 Å². The van der Waals surface area contributed by atoms with E-state index in [9.17, 15) is 4.79 Å². The predicted octanol–water partition coefficient (Wildman–Crippen LogP) is 4.80. The number of rotatable bonds is 3. The Morgan fingerprint density at radius 2 is 1.47 bits per heavy atom. The van der Waals surface area contributed by atoms with E-state index in [2.05, 4.69) is 48.0 Å². The molecule has 0 bridgehead atoms. The van der Waals surface area contributed by atoms with Crippen molar-refractivity contribution >= 4 is 21.7 Å². The molecule has 1 nitrogen and oxygen atoms in total. The van der Waals surface area contributed by atoms with Gasteiger partial charge in [-0.2, -0.15) is 0 Å². The van der Waals surface area contributed by atoms with Gasteiger partial charge in [0.05, 0.1) is 0 Å². The predicted molar refractivity (Wildman–Crippen MR) is 82.8 cm³/mol. The summed E-state index contributed by atoms with van der Waals surface area (Å²) in [4.78, 5) is 12.3. The van der Waals surface area contributed by atoms with Crippen molar-refractivity contribution in [2.75, 3.05) is 0 Å². The molecule has 98 valence electrons. The maximum atomic E-state index is 12.3. The minimum absolute atomic E-state index is 0.161. The van der Waals surface area contributed by atoms with Gasteiger partial charge in [0.15, 0.2) is 5.78 Å². The topological polar surface area (TPSA) is 17.1 Å². The van der Waals surface area contributed by atoms with Crippen LogP contribution in [0.4, 0.5) is 0 Å². The van der Waals surface area contributed by atoms with Crippen LogP contribution in [0.2, 0.25) is 0 Å². The zero-order valence-electron chi connectivity index (χ0n) is 11.5. The van der Waals surface area contributed by atoms with Crippen LogP contribution in [0.3, 0.4) is 0 Å². The minimum atomic E-state index is 0.161. The van der Waals surface area contributed by atoms with Gasteiger partial charge in [0, 0.05) is 16.5 Å². The zero-order valence-corrected chi connectivity index (χ0v) is 13.0. The van der Waals surface area contributed by atoms with Crippen LogP contribution in [-0.4, -0.2) is 5.78 Å². The van der Waals surface area contributed by atoms with Crippen molar-refractivity contribution < 1.29 is 4.79 Å². The first-order chi connectivity index (χ1) is 8.94. The molecule has 0 spiro atoms. The molecule has 2 heteroatoms. The average molecular weight is 317 g/mol. The molecule has 2 aromatic rings. The van der Waals surface area contributed by atoms with Crippen molar-refractivity contribution in [2.45, 2.75) is 27.2 Å². The van der Waals surface area contributed by atoms with Gasteiger partial charge in [0.1, 0.15) is 0 Å². The molecule has 19 heavy (non-hydrogen) atoms. The summed E-state index contributed by atoms with van der Waals surface area (Å²) in [5.74, 6) is 0.161. The van der Waals surface area contributed by atoms with Crippen LogP contribution in [0.5, 0.6) is 0 Å². The van der Waals surface area contributed by atoms with Gasteiger partial charge in [0.25, 0.3) is 0 Å². The number of halogens is 1. The number of aryl methyl sites for hydroxylation is 3.